The van der Waals surface area contributed by atoms with Crippen LogP contribution in [0.3, 0.4) is 0 Å². The lowest BCUT2D eigenvalue weighted by Gasteiger charge is -2.45. The molecule has 0 fully saturated rings. The lowest BCUT2D eigenvalue weighted by molar-refractivity contribution is 0.105. The number of nitrogens with zero attached hydrogens (tertiary/aromatic N) is 1. The van der Waals surface area contributed by atoms with Crippen molar-refractivity contribution in [2.75, 3.05) is 0 Å². The van der Waals surface area contributed by atoms with E-state index in [-0.39, 0.29) is 22.5 Å². The Balaban J connectivity index is 1.71. The molecule has 1 aromatic heterocycles. The number of aliphatic hydroxyl groups excluding tert-OH is 1. The molecule has 0 aliphatic heterocycles. The number of fused-ring (bicyclic) bond motifs is 1. The van der Waals surface area contributed by atoms with Crippen LogP contribution in [-0.4, -0.2) is 18.4 Å². The first kappa shape index (κ1) is 30.5. The van der Waals surface area contributed by atoms with Crippen LogP contribution in [-0.2, 0) is 17.5 Å². The molecule has 3 aromatic rings. The second-order valence-electron chi connectivity index (χ2n) is 14.2. The Hall–Kier alpha value is -2.47. The first-order valence-electron chi connectivity index (χ1n) is 14.8. The second kappa shape index (κ2) is 11.4. The van der Waals surface area contributed by atoms with Gasteiger partial charge in [0.25, 0.3) is 0 Å². The van der Waals surface area contributed by atoms with Crippen LogP contribution >= 0.6 is 0 Å². The fourth-order valence-electron chi connectivity index (χ4n) is 5.58. The Morgan fingerprint density at radius 3 is 2.23 bits per heavy atom. The third-order valence-corrected chi connectivity index (χ3v) is 13.3. The van der Waals surface area contributed by atoms with Gasteiger partial charge in [-0.3, -0.25) is 4.98 Å². The predicted molar refractivity (Wildman–Crippen MR) is 167 cm³/mol. The van der Waals surface area contributed by atoms with E-state index < -0.39 is 14.4 Å². The van der Waals surface area contributed by atoms with Crippen molar-refractivity contribution in [2.45, 2.75) is 111 Å². The first-order valence-corrected chi connectivity index (χ1v) is 17.7. The van der Waals surface area contributed by atoms with E-state index >= 15 is 0 Å². The van der Waals surface area contributed by atoms with Crippen LogP contribution in [0.25, 0.3) is 0 Å². The van der Waals surface area contributed by atoms with E-state index in [2.05, 4.69) is 80.6 Å². The van der Waals surface area contributed by atoms with Gasteiger partial charge in [0.2, 0.25) is 0 Å². The van der Waals surface area contributed by atoms with Crippen molar-refractivity contribution in [3.05, 3.63) is 93.8 Å². The van der Waals surface area contributed by atoms with Gasteiger partial charge in [0.1, 0.15) is 18.5 Å². The van der Waals surface area contributed by atoms with Crippen molar-refractivity contribution >= 4 is 8.32 Å². The van der Waals surface area contributed by atoms with Gasteiger partial charge in [0.15, 0.2) is 8.32 Å². The summed E-state index contributed by atoms with van der Waals surface area (Å²) in [5.74, 6) is 0.973. The minimum Gasteiger partial charge on any atom is -0.489 e. The Bertz CT molecular complexity index is 1310. The Labute approximate surface area is 243 Å². The molecule has 5 heteroatoms. The molecule has 216 valence electrons. The van der Waals surface area contributed by atoms with Crippen LogP contribution in [0.1, 0.15) is 112 Å². The van der Waals surface area contributed by atoms with Crippen molar-refractivity contribution in [3.63, 3.8) is 0 Å². The van der Waals surface area contributed by atoms with Crippen LogP contribution in [0.5, 0.6) is 5.75 Å². The summed E-state index contributed by atoms with van der Waals surface area (Å²) in [6.07, 6.45) is 1.08. The Morgan fingerprint density at radius 1 is 1.02 bits per heavy atom. The van der Waals surface area contributed by atoms with Crippen LogP contribution < -0.4 is 4.74 Å². The molecule has 0 saturated heterocycles. The quantitative estimate of drug-likeness (QED) is 0.280. The zero-order chi connectivity index (χ0) is 29.5. The van der Waals surface area contributed by atoms with Gasteiger partial charge in [-0.2, -0.15) is 0 Å². The molecular weight excluding hydrogens is 510 g/mol. The highest BCUT2D eigenvalue weighted by atomic mass is 28.4. The third kappa shape index (κ3) is 6.53. The molecular formula is C35H49NO3Si. The molecule has 40 heavy (non-hydrogen) atoms. The van der Waals surface area contributed by atoms with Gasteiger partial charge in [0.05, 0.1) is 6.10 Å². The number of benzene rings is 2. The van der Waals surface area contributed by atoms with Gasteiger partial charge in [-0.05, 0) is 78.1 Å². The molecule has 4 rings (SSSR count). The van der Waals surface area contributed by atoms with Crippen molar-refractivity contribution in [1.29, 1.82) is 0 Å². The summed E-state index contributed by atoms with van der Waals surface area (Å²) in [5.41, 5.74) is 7.45. The maximum atomic E-state index is 11.8. The maximum Gasteiger partial charge on any atom is 0.192 e. The van der Waals surface area contributed by atoms with E-state index in [4.69, 9.17) is 14.1 Å². The standard InChI is InChI=1S/C35H49NO3Si/c1-23(2)32-31(33(37)26-16-18-27(19-17-26)38-22-25-14-12-11-13-15-25)24(3)30-28(36-32)20-35(7,8)21-29(30)39-40(9,10)34(4,5)6/h11-19,23,29,33,37H,20-22H2,1-10H3/t29?,33-/m1/s1. The van der Waals surface area contributed by atoms with Crippen LogP contribution in [0.15, 0.2) is 54.6 Å². The van der Waals surface area contributed by atoms with Gasteiger partial charge in [-0.25, -0.2) is 0 Å². The number of rotatable bonds is 8. The van der Waals surface area contributed by atoms with Gasteiger partial charge >= 0.3 is 0 Å². The van der Waals surface area contributed by atoms with Gasteiger partial charge in [-0.1, -0.05) is 90.9 Å². The molecule has 2 atom stereocenters. The van der Waals surface area contributed by atoms with Crippen molar-refractivity contribution < 1.29 is 14.3 Å². The molecule has 4 nitrogen and oxygen atoms in total. The fraction of sp³-hybridized carbons (Fsp3) is 0.514. The molecule has 0 saturated carbocycles. The lowest BCUT2D eigenvalue weighted by atomic mass is 9.72. The zero-order valence-electron chi connectivity index (χ0n) is 26.3. The number of aromatic nitrogens is 1. The topological polar surface area (TPSA) is 51.6 Å². The lowest BCUT2D eigenvalue weighted by Crippen LogP contribution is -2.44. The number of aliphatic hydroxyl groups is 1. The van der Waals surface area contributed by atoms with Crippen molar-refractivity contribution in [3.8, 4) is 5.75 Å². The normalized spacial score (nSPS) is 17.9. The minimum absolute atomic E-state index is 0.0203. The molecule has 1 aliphatic rings. The number of hydrogen-bond acceptors (Lipinski definition) is 4. The molecule has 1 N–H and O–H groups in total. The minimum atomic E-state index is -2.03. The largest absolute Gasteiger partial charge is 0.489 e. The van der Waals surface area contributed by atoms with Gasteiger partial charge in [-0.15, -0.1) is 0 Å². The first-order chi connectivity index (χ1) is 18.6. The average molecular weight is 560 g/mol. The molecule has 1 heterocycles. The summed E-state index contributed by atoms with van der Waals surface area (Å²) in [6.45, 7) is 23.2. The Kier molecular flexibility index (Phi) is 8.71. The number of hydrogen-bond donors (Lipinski definition) is 1. The second-order valence-corrected chi connectivity index (χ2v) is 19.0. The number of pyridine rings is 1. The number of ether oxygens (including phenoxy) is 1. The average Bonchev–Trinajstić information content (AvgIpc) is 2.86. The van der Waals surface area contributed by atoms with Crippen molar-refractivity contribution in [2.24, 2.45) is 5.41 Å². The van der Waals surface area contributed by atoms with E-state index in [9.17, 15) is 5.11 Å². The molecule has 0 amide bonds. The molecule has 0 bridgehead atoms. The monoisotopic (exact) mass is 559 g/mol. The van der Waals surface area contributed by atoms with E-state index in [1.54, 1.807) is 0 Å². The molecule has 1 unspecified atom stereocenters. The summed E-state index contributed by atoms with van der Waals surface area (Å²) in [7, 11) is -2.03. The molecule has 0 spiro atoms. The zero-order valence-corrected chi connectivity index (χ0v) is 27.3. The summed E-state index contributed by atoms with van der Waals surface area (Å²) in [4.78, 5) is 5.29. The van der Waals surface area contributed by atoms with E-state index in [0.717, 1.165) is 52.2 Å². The van der Waals surface area contributed by atoms with Gasteiger partial charge < -0.3 is 14.3 Å². The predicted octanol–water partition coefficient (Wildman–Crippen LogP) is 9.21. The molecule has 2 aromatic carbocycles. The van der Waals surface area contributed by atoms with E-state index in [1.165, 1.54) is 5.56 Å². The van der Waals surface area contributed by atoms with Crippen LogP contribution in [0.2, 0.25) is 18.1 Å². The van der Waals surface area contributed by atoms with E-state index in [0.29, 0.717) is 6.61 Å². The third-order valence-electron chi connectivity index (χ3n) is 8.86. The highest BCUT2D eigenvalue weighted by molar-refractivity contribution is 6.74. The highest BCUT2D eigenvalue weighted by Gasteiger charge is 2.44. The Morgan fingerprint density at radius 2 is 1.65 bits per heavy atom. The molecule has 1 aliphatic carbocycles. The summed E-state index contributed by atoms with van der Waals surface area (Å²) >= 11 is 0. The highest BCUT2D eigenvalue weighted by Crippen LogP contribution is 2.49. The van der Waals surface area contributed by atoms with Crippen molar-refractivity contribution in [1.82, 2.24) is 4.98 Å². The SMILES string of the molecule is Cc1c2c(nc(C(C)C)c1[C@H](O)c1ccc(OCc3ccccc3)cc1)CC(C)(C)CC2O[Si](C)(C)C(C)(C)C. The van der Waals surface area contributed by atoms with E-state index in [1.807, 2.05) is 42.5 Å². The van der Waals surface area contributed by atoms with Crippen LogP contribution in [0.4, 0.5) is 0 Å². The smallest absolute Gasteiger partial charge is 0.192 e. The summed E-state index contributed by atoms with van der Waals surface area (Å²) in [6, 6.07) is 18.0. The summed E-state index contributed by atoms with van der Waals surface area (Å²) < 4.78 is 13.1. The summed E-state index contributed by atoms with van der Waals surface area (Å²) in [5, 5.41) is 12.0. The molecule has 0 radical (unpaired) electrons. The fourth-order valence-corrected chi connectivity index (χ4v) is 6.85. The van der Waals surface area contributed by atoms with Crippen LogP contribution in [0, 0.1) is 12.3 Å². The maximum absolute atomic E-state index is 11.8. The van der Waals surface area contributed by atoms with Gasteiger partial charge in [0, 0.05) is 22.5 Å².